The minimum absolute atomic E-state index is 0.102. The second-order valence-corrected chi connectivity index (χ2v) is 4.03. The number of oxazole rings is 1. The van der Waals surface area contributed by atoms with Crippen LogP contribution in [0.5, 0.6) is 0 Å². The number of benzene rings is 1. The number of hydrogen-bond acceptors (Lipinski definition) is 4. The maximum atomic E-state index is 11.7. The van der Waals surface area contributed by atoms with E-state index in [0.717, 1.165) is 0 Å². The Balaban J connectivity index is 2.17. The Labute approximate surface area is 95.5 Å². The van der Waals surface area contributed by atoms with E-state index in [0.29, 0.717) is 16.8 Å². The van der Waals surface area contributed by atoms with Crippen molar-refractivity contribution in [3.8, 4) is 0 Å². The summed E-state index contributed by atoms with van der Waals surface area (Å²) in [6.45, 7) is 0.229. The lowest BCUT2D eigenvalue weighted by Crippen LogP contribution is -2.25. The minimum Gasteiger partial charge on any atom is -0.406 e. The van der Waals surface area contributed by atoms with Crippen LogP contribution in [0.1, 0.15) is 6.42 Å². The Morgan fingerprint density at radius 1 is 1.41 bits per heavy atom. The number of aromatic nitrogens is 1. The molecule has 0 radical (unpaired) electrons. The lowest BCUT2D eigenvalue weighted by molar-refractivity contribution is -0.117. The van der Waals surface area contributed by atoms with E-state index in [4.69, 9.17) is 4.42 Å². The third kappa shape index (κ3) is 1.53. The SMILES string of the molecule is O=C1CC(O)CN1c1cccc2[nH]c(=O)oc12. The standard InChI is InChI=1S/C11H10N2O4/c14-6-4-9(15)13(5-6)8-3-1-2-7-10(8)17-11(16)12-7/h1-3,6,14H,4-5H2,(H,12,16). The molecular formula is C11H10N2O4. The molecule has 2 aromatic rings. The van der Waals surface area contributed by atoms with Crippen LogP contribution in [0.25, 0.3) is 11.1 Å². The number of β-amino-alcohol motifs (C(OH)–C–C–N with tert-alkyl or cyclic N) is 1. The molecule has 0 saturated carbocycles. The van der Waals surface area contributed by atoms with Crippen LogP contribution in [0.4, 0.5) is 5.69 Å². The number of nitrogens with zero attached hydrogens (tertiary/aromatic N) is 1. The fourth-order valence-corrected chi connectivity index (χ4v) is 2.09. The van der Waals surface area contributed by atoms with Gasteiger partial charge in [0, 0.05) is 0 Å². The molecule has 1 aliphatic rings. The van der Waals surface area contributed by atoms with Gasteiger partial charge < -0.3 is 14.4 Å². The molecule has 1 unspecified atom stereocenters. The van der Waals surface area contributed by atoms with Gasteiger partial charge in [-0.25, -0.2) is 4.79 Å². The van der Waals surface area contributed by atoms with Crippen LogP contribution in [0.15, 0.2) is 27.4 Å². The van der Waals surface area contributed by atoms with Crippen LogP contribution in [-0.2, 0) is 4.79 Å². The fourth-order valence-electron chi connectivity index (χ4n) is 2.09. The number of amides is 1. The molecule has 1 aromatic carbocycles. The highest BCUT2D eigenvalue weighted by molar-refractivity contribution is 6.02. The summed E-state index contributed by atoms with van der Waals surface area (Å²) < 4.78 is 5.01. The summed E-state index contributed by atoms with van der Waals surface area (Å²) in [5.74, 6) is -0.728. The normalized spacial score (nSPS) is 20.4. The highest BCUT2D eigenvalue weighted by atomic mass is 16.4. The van der Waals surface area contributed by atoms with E-state index >= 15 is 0 Å². The largest absolute Gasteiger partial charge is 0.417 e. The number of nitrogens with one attached hydrogen (secondary N) is 1. The number of rotatable bonds is 1. The van der Waals surface area contributed by atoms with Gasteiger partial charge in [-0.2, -0.15) is 0 Å². The van der Waals surface area contributed by atoms with Crippen molar-refractivity contribution in [2.75, 3.05) is 11.4 Å². The smallest absolute Gasteiger partial charge is 0.406 e. The Morgan fingerprint density at radius 2 is 2.24 bits per heavy atom. The molecule has 0 bridgehead atoms. The van der Waals surface area contributed by atoms with Gasteiger partial charge in [0.05, 0.1) is 30.3 Å². The molecule has 0 aliphatic carbocycles. The molecule has 1 aliphatic heterocycles. The molecule has 17 heavy (non-hydrogen) atoms. The number of hydrogen-bond donors (Lipinski definition) is 2. The second kappa shape index (κ2) is 3.46. The van der Waals surface area contributed by atoms with E-state index in [9.17, 15) is 14.7 Å². The average molecular weight is 234 g/mol. The van der Waals surface area contributed by atoms with Gasteiger partial charge in [-0.15, -0.1) is 0 Å². The van der Waals surface area contributed by atoms with Gasteiger partial charge in [0.25, 0.3) is 0 Å². The van der Waals surface area contributed by atoms with Crippen molar-refractivity contribution in [3.05, 3.63) is 28.7 Å². The zero-order valence-corrected chi connectivity index (χ0v) is 8.84. The number of anilines is 1. The van der Waals surface area contributed by atoms with Crippen LogP contribution in [0, 0.1) is 0 Å². The van der Waals surface area contributed by atoms with Crippen molar-refractivity contribution in [1.29, 1.82) is 0 Å². The van der Waals surface area contributed by atoms with Crippen molar-refractivity contribution in [3.63, 3.8) is 0 Å². The Morgan fingerprint density at radius 3 is 2.94 bits per heavy atom. The molecule has 6 heteroatoms. The number of aliphatic hydroxyl groups excluding tert-OH is 1. The lowest BCUT2D eigenvalue weighted by atomic mass is 10.2. The van der Waals surface area contributed by atoms with Crippen molar-refractivity contribution in [2.45, 2.75) is 12.5 Å². The van der Waals surface area contributed by atoms with Gasteiger partial charge >= 0.3 is 5.76 Å². The molecule has 0 spiro atoms. The number of fused-ring (bicyclic) bond motifs is 1. The van der Waals surface area contributed by atoms with Crippen LogP contribution in [0.2, 0.25) is 0 Å². The molecule has 1 aromatic heterocycles. The van der Waals surface area contributed by atoms with Crippen LogP contribution >= 0.6 is 0 Å². The van der Waals surface area contributed by atoms with E-state index in [1.54, 1.807) is 18.2 Å². The van der Waals surface area contributed by atoms with Crippen LogP contribution in [-0.4, -0.2) is 28.6 Å². The minimum atomic E-state index is -0.664. The van der Waals surface area contributed by atoms with Gasteiger partial charge in [-0.3, -0.25) is 9.78 Å². The number of H-pyrrole nitrogens is 1. The molecule has 2 heterocycles. The van der Waals surface area contributed by atoms with Crippen molar-refractivity contribution < 1.29 is 14.3 Å². The maximum absolute atomic E-state index is 11.7. The summed E-state index contributed by atoms with van der Waals surface area (Å²) in [6, 6.07) is 5.11. The summed E-state index contributed by atoms with van der Waals surface area (Å²) in [4.78, 5) is 26.8. The Hall–Kier alpha value is -2.08. The Bertz CT molecular complexity index is 642. The van der Waals surface area contributed by atoms with Gasteiger partial charge in [0.15, 0.2) is 5.58 Å². The predicted octanol–water partition coefficient (Wildman–Crippen LogP) is 0.219. The number of carbonyl (C=O) groups is 1. The van der Waals surface area contributed by atoms with Crippen molar-refractivity contribution in [2.24, 2.45) is 0 Å². The number of para-hydroxylation sites is 1. The zero-order chi connectivity index (χ0) is 12.0. The summed E-state index contributed by atoms with van der Waals surface area (Å²) in [5.41, 5.74) is 1.41. The lowest BCUT2D eigenvalue weighted by Gasteiger charge is -2.15. The Kier molecular flexibility index (Phi) is 2.05. The third-order valence-corrected chi connectivity index (χ3v) is 2.82. The summed E-state index contributed by atoms with van der Waals surface area (Å²) in [5, 5.41) is 9.45. The molecule has 6 nitrogen and oxygen atoms in total. The number of aliphatic hydroxyl groups is 1. The first-order valence-corrected chi connectivity index (χ1v) is 5.25. The molecule has 88 valence electrons. The first-order chi connectivity index (χ1) is 8.15. The highest BCUT2D eigenvalue weighted by Gasteiger charge is 2.30. The van der Waals surface area contributed by atoms with E-state index in [1.165, 1.54) is 4.90 Å². The van der Waals surface area contributed by atoms with Crippen molar-refractivity contribution >= 4 is 22.7 Å². The van der Waals surface area contributed by atoms with Crippen LogP contribution in [0.3, 0.4) is 0 Å². The second-order valence-electron chi connectivity index (χ2n) is 4.03. The van der Waals surface area contributed by atoms with Gasteiger partial charge in [-0.1, -0.05) is 6.07 Å². The number of carbonyl (C=O) groups excluding carboxylic acids is 1. The molecule has 1 atom stereocenters. The van der Waals surface area contributed by atoms with Gasteiger partial charge in [0.1, 0.15) is 0 Å². The fraction of sp³-hybridized carbons (Fsp3) is 0.273. The predicted molar refractivity (Wildman–Crippen MR) is 59.8 cm³/mol. The molecule has 1 saturated heterocycles. The molecule has 1 amide bonds. The molecule has 1 fully saturated rings. The number of aromatic amines is 1. The first kappa shape index (κ1) is 10.1. The summed E-state index contributed by atoms with van der Waals surface area (Å²) >= 11 is 0. The topological polar surface area (TPSA) is 86.5 Å². The average Bonchev–Trinajstić information content (AvgIpc) is 2.79. The highest BCUT2D eigenvalue weighted by Crippen LogP contribution is 2.28. The van der Waals surface area contributed by atoms with E-state index in [-0.39, 0.29) is 18.9 Å². The maximum Gasteiger partial charge on any atom is 0.417 e. The summed E-state index contributed by atoms with van der Waals surface area (Å²) in [7, 11) is 0. The van der Waals surface area contributed by atoms with Crippen molar-refractivity contribution in [1.82, 2.24) is 4.98 Å². The molecule has 3 rings (SSSR count). The monoisotopic (exact) mass is 234 g/mol. The zero-order valence-electron chi connectivity index (χ0n) is 8.84. The summed E-state index contributed by atoms with van der Waals surface area (Å²) in [6.07, 6.45) is -0.561. The quantitative estimate of drug-likeness (QED) is 0.738. The van der Waals surface area contributed by atoms with E-state index < -0.39 is 11.9 Å². The van der Waals surface area contributed by atoms with E-state index in [2.05, 4.69) is 4.98 Å². The first-order valence-electron chi connectivity index (χ1n) is 5.25. The third-order valence-electron chi connectivity index (χ3n) is 2.82. The van der Waals surface area contributed by atoms with Gasteiger partial charge in [0.2, 0.25) is 5.91 Å². The van der Waals surface area contributed by atoms with E-state index in [1.807, 2.05) is 0 Å². The molecular weight excluding hydrogens is 224 g/mol. The van der Waals surface area contributed by atoms with Gasteiger partial charge in [-0.05, 0) is 12.1 Å². The molecule has 2 N–H and O–H groups in total. The van der Waals surface area contributed by atoms with Crippen LogP contribution < -0.4 is 10.7 Å².